The fourth-order valence-electron chi connectivity index (χ4n) is 2.29. The SMILES string of the molecule is CC1(C)CN(Cc2cc([N+](=O)[O-])ccc2Cl)CCS1. The van der Waals surface area contributed by atoms with Crippen molar-refractivity contribution < 1.29 is 4.92 Å². The number of halogens is 1. The maximum atomic E-state index is 10.8. The zero-order chi connectivity index (χ0) is 14.0. The quantitative estimate of drug-likeness (QED) is 0.632. The van der Waals surface area contributed by atoms with Crippen molar-refractivity contribution in [2.75, 3.05) is 18.8 Å². The Balaban J connectivity index is 2.14. The molecule has 0 radical (unpaired) electrons. The molecule has 1 fully saturated rings. The third kappa shape index (κ3) is 3.84. The first-order valence-corrected chi connectivity index (χ1v) is 7.53. The lowest BCUT2D eigenvalue weighted by Gasteiger charge is -2.37. The molecule has 4 nitrogen and oxygen atoms in total. The molecule has 0 spiro atoms. The number of rotatable bonds is 3. The van der Waals surface area contributed by atoms with Gasteiger partial charge in [0.25, 0.3) is 5.69 Å². The second-order valence-corrected chi connectivity index (χ2v) is 7.56. The summed E-state index contributed by atoms with van der Waals surface area (Å²) in [6.07, 6.45) is 0. The summed E-state index contributed by atoms with van der Waals surface area (Å²) in [4.78, 5) is 12.7. The van der Waals surface area contributed by atoms with Gasteiger partial charge in [-0.3, -0.25) is 15.0 Å². The molecule has 2 rings (SSSR count). The van der Waals surface area contributed by atoms with E-state index in [1.165, 1.54) is 6.07 Å². The van der Waals surface area contributed by atoms with Crippen LogP contribution in [0.3, 0.4) is 0 Å². The Hall–Kier alpha value is -0.780. The normalized spacial score (nSPS) is 19.3. The van der Waals surface area contributed by atoms with E-state index in [1.54, 1.807) is 12.1 Å². The lowest BCUT2D eigenvalue weighted by atomic mass is 10.1. The van der Waals surface area contributed by atoms with E-state index < -0.39 is 0 Å². The first-order valence-electron chi connectivity index (χ1n) is 6.16. The van der Waals surface area contributed by atoms with E-state index in [0.29, 0.717) is 11.6 Å². The lowest BCUT2D eigenvalue weighted by Crippen LogP contribution is -2.42. The number of non-ortho nitro benzene ring substituents is 1. The predicted octanol–water partition coefficient (Wildman–Crippen LogP) is 3.58. The molecule has 1 aliphatic heterocycles. The molecule has 1 aliphatic rings. The maximum Gasteiger partial charge on any atom is 0.269 e. The van der Waals surface area contributed by atoms with Crippen LogP contribution in [0.1, 0.15) is 19.4 Å². The lowest BCUT2D eigenvalue weighted by molar-refractivity contribution is -0.384. The Morgan fingerprint density at radius 3 is 2.89 bits per heavy atom. The van der Waals surface area contributed by atoms with Gasteiger partial charge in [-0.05, 0) is 25.5 Å². The monoisotopic (exact) mass is 300 g/mol. The zero-order valence-electron chi connectivity index (χ0n) is 11.1. The first-order chi connectivity index (χ1) is 8.87. The highest BCUT2D eigenvalue weighted by molar-refractivity contribution is 8.00. The van der Waals surface area contributed by atoms with Crippen molar-refractivity contribution in [3.8, 4) is 0 Å². The van der Waals surface area contributed by atoms with E-state index in [0.717, 1.165) is 24.4 Å². The van der Waals surface area contributed by atoms with E-state index in [2.05, 4.69) is 18.7 Å². The highest BCUT2D eigenvalue weighted by Gasteiger charge is 2.27. The van der Waals surface area contributed by atoms with Crippen LogP contribution in [0.2, 0.25) is 5.02 Å². The largest absolute Gasteiger partial charge is 0.297 e. The number of hydrogen-bond donors (Lipinski definition) is 0. The molecule has 0 unspecified atom stereocenters. The molecule has 1 aromatic carbocycles. The van der Waals surface area contributed by atoms with Crippen LogP contribution in [0.15, 0.2) is 18.2 Å². The van der Waals surface area contributed by atoms with E-state index in [-0.39, 0.29) is 15.4 Å². The van der Waals surface area contributed by atoms with Gasteiger partial charge >= 0.3 is 0 Å². The van der Waals surface area contributed by atoms with Gasteiger partial charge in [-0.2, -0.15) is 11.8 Å². The smallest absolute Gasteiger partial charge is 0.269 e. The van der Waals surface area contributed by atoms with Crippen LogP contribution in [-0.2, 0) is 6.54 Å². The summed E-state index contributed by atoms with van der Waals surface area (Å²) in [5.74, 6) is 1.08. The number of benzene rings is 1. The van der Waals surface area contributed by atoms with E-state index >= 15 is 0 Å². The molecule has 0 amide bonds. The molecule has 6 heteroatoms. The van der Waals surface area contributed by atoms with Crippen LogP contribution in [0.25, 0.3) is 0 Å². The van der Waals surface area contributed by atoms with Gasteiger partial charge in [0.15, 0.2) is 0 Å². The molecule has 0 N–H and O–H groups in total. The minimum atomic E-state index is -0.379. The standard InChI is InChI=1S/C13H17ClN2O2S/c1-13(2)9-15(5-6-19-13)8-10-7-11(16(17)18)3-4-12(10)14/h3-4,7H,5-6,8-9H2,1-2H3. The van der Waals surface area contributed by atoms with Crippen LogP contribution in [-0.4, -0.2) is 33.4 Å². The Bertz CT molecular complexity index is 494. The molecular formula is C13H17ClN2O2S. The number of nitro benzene ring substituents is 1. The fraction of sp³-hybridized carbons (Fsp3) is 0.538. The Morgan fingerprint density at radius 1 is 1.53 bits per heavy atom. The van der Waals surface area contributed by atoms with Crippen LogP contribution < -0.4 is 0 Å². The zero-order valence-corrected chi connectivity index (χ0v) is 12.6. The molecule has 1 aromatic rings. The van der Waals surface area contributed by atoms with Gasteiger partial charge in [0.1, 0.15) is 0 Å². The van der Waals surface area contributed by atoms with Crippen molar-refractivity contribution in [3.05, 3.63) is 38.9 Å². The van der Waals surface area contributed by atoms with Crippen LogP contribution in [0, 0.1) is 10.1 Å². The fourth-order valence-corrected chi connectivity index (χ4v) is 3.64. The molecule has 0 atom stereocenters. The summed E-state index contributed by atoms with van der Waals surface area (Å²) in [6.45, 7) is 7.08. The average Bonchev–Trinajstić information content (AvgIpc) is 2.30. The molecule has 1 saturated heterocycles. The predicted molar refractivity (Wildman–Crippen MR) is 79.9 cm³/mol. The second kappa shape index (κ2) is 5.69. The molecular weight excluding hydrogens is 284 g/mol. The van der Waals surface area contributed by atoms with Gasteiger partial charge in [0.2, 0.25) is 0 Å². The molecule has 19 heavy (non-hydrogen) atoms. The van der Waals surface area contributed by atoms with Crippen molar-refractivity contribution >= 4 is 29.1 Å². The van der Waals surface area contributed by atoms with Crippen LogP contribution >= 0.6 is 23.4 Å². The number of nitro groups is 1. The van der Waals surface area contributed by atoms with E-state index in [1.807, 2.05) is 11.8 Å². The van der Waals surface area contributed by atoms with Gasteiger partial charge in [-0.1, -0.05) is 11.6 Å². The number of hydrogen-bond acceptors (Lipinski definition) is 4. The van der Waals surface area contributed by atoms with Gasteiger partial charge in [-0.15, -0.1) is 0 Å². The van der Waals surface area contributed by atoms with E-state index in [4.69, 9.17) is 11.6 Å². The molecule has 0 aromatic heterocycles. The van der Waals surface area contributed by atoms with Crippen molar-refractivity contribution in [1.82, 2.24) is 4.90 Å². The summed E-state index contributed by atoms with van der Waals surface area (Å²) in [7, 11) is 0. The molecule has 0 aliphatic carbocycles. The Morgan fingerprint density at radius 2 is 2.26 bits per heavy atom. The first kappa shape index (κ1) is 14.6. The Labute approximate surface area is 122 Å². The molecule has 1 heterocycles. The molecule has 104 valence electrons. The molecule has 0 saturated carbocycles. The summed E-state index contributed by atoms with van der Waals surface area (Å²) >= 11 is 8.10. The average molecular weight is 301 g/mol. The highest BCUT2D eigenvalue weighted by atomic mass is 35.5. The number of thioether (sulfide) groups is 1. The second-order valence-electron chi connectivity index (χ2n) is 5.35. The van der Waals surface area contributed by atoms with Gasteiger partial charge in [0.05, 0.1) is 4.92 Å². The maximum absolute atomic E-state index is 10.8. The van der Waals surface area contributed by atoms with Crippen molar-refractivity contribution in [2.24, 2.45) is 0 Å². The van der Waals surface area contributed by atoms with Crippen LogP contribution in [0.5, 0.6) is 0 Å². The summed E-state index contributed by atoms with van der Waals surface area (Å²) in [6, 6.07) is 4.64. The minimum Gasteiger partial charge on any atom is -0.297 e. The highest BCUT2D eigenvalue weighted by Crippen LogP contribution is 2.31. The van der Waals surface area contributed by atoms with Gasteiger partial charge < -0.3 is 0 Å². The third-order valence-corrected chi connectivity index (χ3v) is 4.80. The molecule has 0 bridgehead atoms. The minimum absolute atomic E-state index is 0.102. The van der Waals surface area contributed by atoms with Crippen molar-refractivity contribution in [1.29, 1.82) is 0 Å². The Kier molecular flexibility index (Phi) is 4.38. The van der Waals surface area contributed by atoms with Gasteiger partial charge in [0, 0.05) is 47.3 Å². The summed E-state index contributed by atoms with van der Waals surface area (Å²) in [5, 5.41) is 11.4. The third-order valence-electron chi connectivity index (χ3n) is 3.14. The number of nitrogens with zero attached hydrogens (tertiary/aromatic N) is 2. The van der Waals surface area contributed by atoms with E-state index in [9.17, 15) is 10.1 Å². The van der Waals surface area contributed by atoms with Crippen molar-refractivity contribution in [3.63, 3.8) is 0 Å². The van der Waals surface area contributed by atoms with Crippen LogP contribution in [0.4, 0.5) is 5.69 Å². The topological polar surface area (TPSA) is 46.4 Å². The summed E-state index contributed by atoms with van der Waals surface area (Å²) < 4.78 is 0.228. The van der Waals surface area contributed by atoms with Gasteiger partial charge in [-0.25, -0.2) is 0 Å². The summed E-state index contributed by atoms with van der Waals surface area (Å²) in [5.41, 5.74) is 0.934. The van der Waals surface area contributed by atoms with Crippen molar-refractivity contribution in [2.45, 2.75) is 25.1 Å².